The van der Waals surface area contributed by atoms with Crippen LogP contribution in [0.5, 0.6) is 0 Å². The van der Waals surface area contributed by atoms with Crippen LogP contribution >= 0.6 is 0 Å². The van der Waals surface area contributed by atoms with Crippen molar-refractivity contribution in [3.05, 3.63) is 59.4 Å². The number of ether oxygens (including phenoxy) is 6. The summed E-state index contributed by atoms with van der Waals surface area (Å²) in [5, 5.41) is 27.7. The van der Waals surface area contributed by atoms with Gasteiger partial charge in [0, 0.05) is 24.4 Å². The van der Waals surface area contributed by atoms with E-state index >= 15 is 4.79 Å². The van der Waals surface area contributed by atoms with Gasteiger partial charge in [-0.2, -0.15) is 0 Å². The minimum atomic E-state index is -2.04. The molecule has 1 aromatic rings. The van der Waals surface area contributed by atoms with Crippen molar-refractivity contribution in [1.82, 2.24) is 5.32 Å². The molecule has 3 fully saturated rings. The maximum Gasteiger partial charge on any atom is 0.407 e. The number of ketones is 1. The fraction of sp³-hybridized carbons (Fsp3) is 0.674. The van der Waals surface area contributed by atoms with Crippen LogP contribution in [0.2, 0.25) is 0 Å². The lowest BCUT2D eigenvalue weighted by atomic mass is 9.45. The molecule has 2 saturated carbocycles. The minimum Gasteiger partial charge on any atom is -0.487 e. The molecule has 13 heteroatoms. The number of nitrogens with one attached hydrogen (secondary N) is 1. The van der Waals surface area contributed by atoms with Crippen LogP contribution in [0.25, 0.3) is 0 Å². The number of Topliss-reactive ketones (excluding diaryl/α,β-unsaturated/α-hetero) is 1. The van der Waals surface area contributed by atoms with E-state index in [2.05, 4.69) is 11.9 Å². The van der Waals surface area contributed by atoms with Gasteiger partial charge in [-0.05, 0) is 83.1 Å². The molecule has 2 bridgehead atoms. The molecule has 0 radical (unpaired) electrons. The Morgan fingerprint density at radius 3 is 2.27 bits per heavy atom. The molecule has 3 aliphatic carbocycles. The number of carbonyl (C=O) groups excluding carboxylic acids is 4. The van der Waals surface area contributed by atoms with E-state index in [4.69, 9.17) is 28.4 Å². The van der Waals surface area contributed by atoms with Gasteiger partial charge < -0.3 is 44.0 Å². The fourth-order valence-corrected chi connectivity index (χ4v) is 9.65. The summed E-state index contributed by atoms with van der Waals surface area (Å²) in [4.78, 5) is 56.2. The van der Waals surface area contributed by atoms with Crippen molar-refractivity contribution >= 4 is 23.8 Å². The molecule has 13 nitrogen and oxygen atoms in total. The molecule has 10 atom stereocenters. The van der Waals surface area contributed by atoms with Crippen molar-refractivity contribution in [2.24, 2.45) is 22.7 Å². The summed E-state index contributed by atoms with van der Waals surface area (Å²) in [5.41, 5.74) is -5.65. The van der Waals surface area contributed by atoms with Crippen LogP contribution < -0.4 is 5.32 Å². The second-order valence-corrected chi connectivity index (χ2v) is 18.3. The number of amides is 1. The number of allylic oxidation sites excluding steroid dienone is 1. The van der Waals surface area contributed by atoms with Gasteiger partial charge >= 0.3 is 18.0 Å². The predicted molar refractivity (Wildman–Crippen MR) is 205 cm³/mol. The summed E-state index contributed by atoms with van der Waals surface area (Å²) < 4.78 is 36.7. The minimum absolute atomic E-state index is 0.0415. The Kier molecular flexibility index (Phi) is 12.0. The second-order valence-electron chi connectivity index (χ2n) is 18.3. The van der Waals surface area contributed by atoms with E-state index in [9.17, 15) is 24.6 Å². The van der Waals surface area contributed by atoms with E-state index in [1.165, 1.54) is 7.11 Å². The van der Waals surface area contributed by atoms with E-state index in [0.29, 0.717) is 29.7 Å². The van der Waals surface area contributed by atoms with Crippen LogP contribution in [-0.4, -0.2) is 101 Å². The molecule has 56 heavy (non-hydrogen) atoms. The molecule has 1 amide bonds. The Bertz CT molecular complexity index is 1730. The first-order valence-corrected chi connectivity index (χ1v) is 19.5. The number of alkyl carbamates (subject to hydrolysis) is 1. The maximum absolute atomic E-state index is 15.3. The first kappa shape index (κ1) is 43.3. The van der Waals surface area contributed by atoms with Crippen molar-refractivity contribution in [3.8, 4) is 0 Å². The van der Waals surface area contributed by atoms with E-state index < -0.39 is 88.1 Å². The molecule has 0 spiro atoms. The van der Waals surface area contributed by atoms with Crippen molar-refractivity contribution < 1.29 is 57.8 Å². The summed E-state index contributed by atoms with van der Waals surface area (Å²) in [5.74, 6) is -2.78. The molecular weight excluding hydrogens is 722 g/mol. The van der Waals surface area contributed by atoms with Gasteiger partial charge in [-0.1, -0.05) is 59.4 Å². The smallest absolute Gasteiger partial charge is 0.407 e. The average Bonchev–Trinajstić information content (AvgIpc) is 3.08. The summed E-state index contributed by atoms with van der Waals surface area (Å²) in [6, 6.07) is 7.28. The van der Waals surface area contributed by atoms with Crippen LogP contribution in [0.3, 0.4) is 0 Å². The quantitative estimate of drug-likeness (QED) is 0.110. The summed E-state index contributed by atoms with van der Waals surface area (Å²) in [7, 11) is 1.42. The number of hydrogen-bond acceptors (Lipinski definition) is 12. The highest BCUT2D eigenvalue weighted by atomic mass is 16.6. The zero-order valence-electron chi connectivity index (χ0n) is 34.7. The predicted octanol–water partition coefficient (Wildman–Crippen LogP) is 5.60. The van der Waals surface area contributed by atoms with Crippen LogP contribution in [0.1, 0.15) is 105 Å². The molecule has 4 aliphatic rings. The number of carbonyl (C=O) groups is 4. The summed E-state index contributed by atoms with van der Waals surface area (Å²) >= 11 is 0. The maximum atomic E-state index is 15.3. The Labute approximate surface area is 330 Å². The summed E-state index contributed by atoms with van der Waals surface area (Å²) in [6.07, 6.45) is -6.32. The number of aliphatic hydroxyl groups excluding tert-OH is 1. The van der Waals surface area contributed by atoms with E-state index in [0.717, 1.165) is 0 Å². The van der Waals surface area contributed by atoms with Gasteiger partial charge in [0.15, 0.2) is 17.5 Å². The first-order valence-electron chi connectivity index (χ1n) is 19.5. The molecule has 0 aromatic heterocycles. The highest BCUT2D eigenvalue weighted by molar-refractivity contribution is 5.93. The summed E-state index contributed by atoms with van der Waals surface area (Å²) in [6.45, 7) is 21.6. The van der Waals surface area contributed by atoms with E-state index in [-0.39, 0.29) is 36.7 Å². The Hall–Kier alpha value is -3.78. The fourth-order valence-electron chi connectivity index (χ4n) is 9.65. The van der Waals surface area contributed by atoms with Crippen LogP contribution in [0.15, 0.2) is 53.8 Å². The molecule has 1 heterocycles. The lowest BCUT2D eigenvalue weighted by Crippen LogP contribution is -2.79. The highest BCUT2D eigenvalue weighted by Crippen LogP contribution is 2.64. The SMILES string of the molecule is C=C(C)O[C@@]12CO[C@@H]1CC[C@@]1(C)C(=O)[C@H](OC)C3=C(C)[C@@H](OC(=O)[C@H](O)[C@H](CC(C)C)NC(=O)OC(C)(C)C)C[C@@](O)([C@@H](OC(=O)c4ccccc4)[C@H]21)C3(C)C. The third-order valence-electron chi connectivity index (χ3n) is 12.3. The third-order valence-corrected chi connectivity index (χ3v) is 12.3. The van der Waals surface area contributed by atoms with Crippen LogP contribution in [0.4, 0.5) is 4.79 Å². The van der Waals surface area contributed by atoms with Gasteiger partial charge in [0.05, 0.1) is 29.9 Å². The van der Waals surface area contributed by atoms with Crippen molar-refractivity contribution in [2.45, 2.75) is 148 Å². The van der Waals surface area contributed by atoms with Gasteiger partial charge in [0.2, 0.25) is 0 Å². The van der Waals surface area contributed by atoms with Crippen molar-refractivity contribution in [3.63, 3.8) is 0 Å². The van der Waals surface area contributed by atoms with Gasteiger partial charge in [0.1, 0.15) is 35.6 Å². The second kappa shape index (κ2) is 15.5. The average molecular weight is 784 g/mol. The molecule has 1 saturated heterocycles. The van der Waals surface area contributed by atoms with E-state index in [1.54, 1.807) is 85.7 Å². The number of benzene rings is 1. The molecular formula is C43H61NO12. The number of aliphatic hydroxyl groups is 2. The normalized spacial score (nSPS) is 33.3. The standard InChI is InChI=1S/C43H61NO12/c1-23(2)20-27(44-38(49)56-39(6,7)8)31(45)37(48)53-28-21-43(50)35(54-36(47)26-16-14-13-15-17-26)33-41(11,19-18-29-42(33,22-52-29)55-24(3)4)34(46)32(51-12)30(25(28)5)40(43,9)10/h13-17,23,27-29,31-33,35,45,50H,3,18-22H2,1-2,4-12H3,(H,44,49)/t27-,28-,29+,31+,32+,33-,35-,41+,42-,43+/m0/s1. The molecule has 3 N–H and O–H groups in total. The first-order chi connectivity index (χ1) is 25.9. The Balaban J connectivity index is 1.66. The Morgan fingerprint density at radius 2 is 1.73 bits per heavy atom. The topological polar surface area (TPSA) is 176 Å². The number of hydrogen-bond donors (Lipinski definition) is 3. The van der Waals surface area contributed by atoms with Gasteiger partial charge in [0.25, 0.3) is 0 Å². The van der Waals surface area contributed by atoms with Crippen molar-refractivity contribution in [2.75, 3.05) is 13.7 Å². The van der Waals surface area contributed by atoms with Gasteiger partial charge in [-0.3, -0.25) is 4.79 Å². The third kappa shape index (κ3) is 7.64. The number of rotatable bonds is 11. The lowest BCUT2D eigenvalue weighted by molar-refractivity contribution is -0.333. The number of fused-ring (bicyclic) bond motifs is 5. The van der Waals surface area contributed by atoms with Crippen LogP contribution in [-0.2, 0) is 38.0 Å². The molecule has 1 aliphatic heterocycles. The largest absolute Gasteiger partial charge is 0.487 e. The lowest BCUT2D eigenvalue weighted by Gasteiger charge is -2.67. The van der Waals surface area contributed by atoms with Gasteiger partial charge in [-0.15, -0.1) is 0 Å². The van der Waals surface area contributed by atoms with Crippen molar-refractivity contribution in [1.29, 1.82) is 0 Å². The van der Waals surface area contributed by atoms with E-state index in [1.807, 2.05) is 13.8 Å². The molecule has 0 unspecified atom stereocenters. The molecule has 310 valence electrons. The van der Waals surface area contributed by atoms with Gasteiger partial charge in [-0.25, -0.2) is 14.4 Å². The monoisotopic (exact) mass is 783 g/mol. The zero-order valence-corrected chi connectivity index (χ0v) is 34.7. The molecule has 5 rings (SSSR count). The number of esters is 2. The zero-order chi connectivity index (χ0) is 41.8. The Morgan fingerprint density at radius 1 is 1.09 bits per heavy atom. The molecule has 1 aromatic carbocycles. The van der Waals surface area contributed by atoms with Crippen LogP contribution in [0, 0.1) is 22.7 Å². The highest BCUT2D eigenvalue weighted by Gasteiger charge is 2.76. The number of methoxy groups -OCH3 is 1.